The van der Waals surface area contributed by atoms with Crippen LogP contribution in [0.2, 0.25) is 0 Å². The van der Waals surface area contributed by atoms with Gasteiger partial charge in [-0.2, -0.15) is 0 Å². The summed E-state index contributed by atoms with van der Waals surface area (Å²) in [5.74, 6) is 1.82. The third kappa shape index (κ3) is 4.37. The van der Waals surface area contributed by atoms with E-state index in [1.165, 1.54) is 16.6 Å². The minimum Gasteiger partial charge on any atom is -0.486 e. The van der Waals surface area contributed by atoms with Crippen LogP contribution in [0.4, 0.5) is 5.69 Å². The second-order valence-corrected chi connectivity index (χ2v) is 11.1. The normalized spacial score (nSPS) is 16.5. The van der Waals surface area contributed by atoms with E-state index < -0.39 is 0 Å². The van der Waals surface area contributed by atoms with Crippen molar-refractivity contribution in [1.82, 2.24) is 9.55 Å². The predicted octanol–water partition coefficient (Wildman–Crippen LogP) is 5.07. The van der Waals surface area contributed by atoms with Crippen LogP contribution in [-0.4, -0.2) is 34.4 Å². The SMILES string of the molecule is C[C@H]1CCc2c(sc3nc(SCC(=O)Nc4ccc5c(c4)OCCO5)n(-c4ccccc4)c(=O)c23)C1. The molecule has 184 valence electrons. The quantitative estimate of drug-likeness (QED) is 0.293. The van der Waals surface area contributed by atoms with Gasteiger partial charge in [0.15, 0.2) is 16.7 Å². The van der Waals surface area contributed by atoms with Crippen molar-refractivity contribution in [3.05, 3.63) is 69.3 Å². The van der Waals surface area contributed by atoms with Crippen LogP contribution in [-0.2, 0) is 17.6 Å². The number of fused-ring (bicyclic) bond motifs is 4. The van der Waals surface area contributed by atoms with Crippen LogP contribution in [0.3, 0.4) is 0 Å². The number of nitrogens with zero attached hydrogens (tertiary/aromatic N) is 2. The molecule has 0 unspecified atom stereocenters. The standard InChI is InChI=1S/C27H25N3O4S2/c1-16-7-9-19-22(13-16)36-25-24(19)26(32)30(18-5-3-2-4-6-18)27(29-25)35-15-23(31)28-17-8-10-20-21(14-17)34-12-11-33-20/h2-6,8,10,14,16H,7,9,11-13,15H2,1H3,(H,28,31)/t16-/m0/s1. The lowest BCUT2D eigenvalue weighted by Gasteiger charge is -2.19. The fourth-order valence-corrected chi connectivity index (χ4v) is 6.96. The van der Waals surface area contributed by atoms with Crippen molar-refractivity contribution in [1.29, 1.82) is 0 Å². The van der Waals surface area contributed by atoms with Gasteiger partial charge in [0.1, 0.15) is 18.0 Å². The second-order valence-electron chi connectivity index (χ2n) is 9.10. The Hall–Kier alpha value is -3.30. The zero-order valence-electron chi connectivity index (χ0n) is 19.8. The van der Waals surface area contributed by atoms with Crippen LogP contribution in [0.15, 0.2) is 58.5 Å². The maximum atomic E-state index is 13.8. The number of benzene rings is 2. The first-order valence-electron chi connectivity index (χ1n) is 12.0. The average molecular weight is 520 g/mol. The Morgan fingerprint density at radius 3 is 2.81 bits per heavy atom. The van der Waals surface area contributed by atoms with Gasteiger partial charge in [-0.1, -0.05) is 36.9 Å². The largest absolute Gasteiger partial charge is 0.486 e. The molecule has 2 aromatic carbocycles. The molecule has 9 heteroatoms. The van der Waals surface area contributed by atoms with Crippen molar-refractivity contribution in [2.75, 3.05) is 24.3 Å². The van der Waals surface area contributed by atoms with Crippen LogP contribution in [0.5, 0.6) is 11.5 Å². The van der Waals surface area contributed by atoms with E-state index in [4.69, 9.17) is 14.5 Å². The highest BCUT2D eigenvalue weighted by Crippen LogP contribution is 2.37. The van der Waals surface area contributed by atoms with E-state index in [9.17, 15) is 9.59 Å². The fourth-order valence-electron chi connectivity index (χ4n) is 4.72. The minimum atomic E-state index is -0.190. The molecule has 0 saturated carbocycles. The first kappa shape index (κ1) is 23.1. The van der Waals surface area contributed by atoms with E-state index >= 15 is 0 Å². The van der Waals surface area contributed by atoms with Crippen molar-refractivity contribution >= 4 is 44.9 Å². The van der Waals surface area contributed by atoms with E-state index in [1.54, 1.807) is 34.1 Å². The van der Waals surface area contributed by atoms with Crippen molar-refractivity contribution < 1.29 is 14.3 Å². The molecule has 4 aromatic rings. The smallest absolute Gasteiger partial charge is 0.267 e. The average Bonchev–Trinajstić information content (AvgIpc) is 3.25. The maximum absolute atomic E-state index is 13.8. The van der Waals surface area contributed by atoms with Gasteiger partial charge in [0.05, 0.1) is 16.8 Å². The fraction of sp³-hybridized carbons (Fsp3) is 0.296. The van der Waals surface area contributed by atoms with E-state index in [2.05, 4.69) is 12.2 Å². The van der Waals surface area contributed by atoms with Crippen LogP contribution < -0.4 is 20.3 Å². The number of hydrogen-bond donors (Lipinski definition) is 1. The first-order valence-corrected chi connectivity index (χ1v) is 13.8. The molecule has 1 aliphatic heterocycles. The van der Waals surface area contributed by atoms with Gasteiger partial charge in [-0.25, -0.2) is 4.98 Å². The van der Waals surface area contributed by atoms with Gasteiger partial charge in [0.25, 0.3) is 5.56 Å². The molecule has 2 aromatic heterocycles. The summed E-state index contributed by atoms with van der Waals surface area (Å²) in [5.41, 5.74) is 2.47. The Labute approximate surface area is 216 Å². The first-order chi connectivity index (χ1) is 17.6. The summed E-state index contributed by atoms with van der Waals surface area (Å²) < 4.78 is 12.8. The zero-order chi connectivity index (χ0) is 24.6. The number of hydrogen-bond acceptors (Lipinski definition) is 7. The maximum Gasteiger partial charge on any atom is 0.267 e. The summed E-state index contributed by atoms with van der Waals surface area (Å²) in [6.45, 7) is 3.25. The number of amides is 1. The highest BCUT2D eigenvalue weighted by Gasteiger charge is 2.25. The molecule has 36 heavy (non-hydrogen) atoms. The van der Waals surface area contributed by atoms with E-state index in [1.807, 2.05) is 30.3 Å². The number of ether oxygens (including phenoxy) is 2. The van der Waals surface area contributed by atoms with Gasteiger partial charge in [-0.15, -0.1) is 11.3 Å². The molecule has 0 spiro atoms. The van der Waals surface area contributed by atoms with Crippen LogP contribution in [0.1, 0.15) is 23.8 Å². The Balaban J connectivity index is 1.31. The molecule has 6 rings (SSSR count). The topological polar surface area (TPSA) is 82.4 Å². The zero-order valence-corrected chi connectivity index (χ0v) is 21.4. The lowest BCUT2D eigenvalue weighted by Crippen LogP contribution is -2.23. The number of aromatic nitrogens is 2. The summed E-state index contributed by atoms with van der Waals surface area (Å²) in [5, 5.41) is 4.16. The third-order valence-corrected chi connectivity index (χ3v) is 8.56. The van der Waals surface area contributed by atoms with Crippen LogP contribution in [0.25, 0.3) is 15.9 Å². The minimum absolute atomic E-state index is 0.0620. The number of aryl methyl sites for hydroxylation is 1. The number of carbonyl (C=O) groups is 1. The molecule has 7 nitrogen and oxygen atoms in total. The van der Waals surface area contributed by atoms with Crippen molar-refractivity contribution in [2.45, 2.75) is 31.3 Å². The highest BCUT2D eigenvalue weighted by atomic mass is 32.2. The number of para-hydroxylation sites is 1. The summed E-state index contributed by atoms with van der Waals surface area (Å²) in [6, 6.07) is 14.9. The number of carbonyl (C=O) groups excluding carboxylic acids is 1. The Morgan fingerprint density at radius 2 is 1.97 bits per heavy atom. The summed E-state index contributed by atoms with van der Waals surface area (Å²) in [7, 11) is 0. The van der Waals surface area contributed by atoms with Gasteiger partial charge in [0, 0.05) is 16.6 Å². The molecule has 1 N–H and O–H groups in total. The highest BCUT2D eigenvalue weighted by molar-refractivity contribution is 7.99. The van der Waals surface area contributed by atoms with Gasteiger partial charge >= 0.3 is 0 Å². The monoisotopic (exact) mass is 519 g/mol. The molecule has 0 fully saturated rings. The second kappa shape index (κ2) is 9.63. The molecule has 0 bridgehead atoms. The third-order valence-electron chi connectivity index (χ3n) is 6.47. The molecule has 0 radical (unpaired) electrons. The molecule has 0 saturated heterocycles. The molecule has 2 aliphatic rings. The molecule has 3 heterocycles. The van der Waals surface area contributed by atoms with E-state index in [-0.39, 0.29) is 17.2 Å². The summed E-state index contributed by atoms with van der Waals surface area (Å²) in [4.78, 5) is 33.6. The number of anilines is 1. The number of nitrogens with one attached hydrogen (secondary N) is 1. The van der Waals surface area contributed by atoms with Crippen molar-refractivity contribution in [3.63, 3.8) is 0 Å². The van der Waals surface area contributed by atoms with Gasteiger partial charge in [-0.3, -0.25) is 14.2 Å². The number of rotatable bonds is 5. The van der Waals surface area contributed by atoms with Crippen LogP contribution >= 0.6 is 23.1 Å². The number of thioether (sulfide) groups is 1. The molecule has 1 atom stereocenters. The Morgan fingerprint density at radius 1 is 1.17 bits per heavy atom. The number of thiophene rings is 1. The Bertz CT molecular complexity index is 1510. The van der Waals surface area contributed by atoms with Crippen molar-refractivity contribution in [3.8, 4) is 17.2 Å². The Kier molecular flexibility index (Phi) is 6.18. The summed E-state index contributed by atoms with van der Waals surface area (Å²) >= 11 is 2.89. The molecular weight excluding hydrogens is 494 g/mol. The lowest BCUT2D eigenvalue weighted by molar-refractivity contribution is -0.113. The molecule has 1 amide bonds. The lowest BCUT2D eigenvalue weighted by atomic mass is 9.89. The molecular formula is C27H25N3O4S2. The van der Waals surface area contributed by atoms with E-state index in [0.29, 0.717) is 41.5 Å². The van der Waals surface area contributed by atoms with Gasteiger partial charge in [0.2, 0.25) is 5.91 Å². The summed E-state index contributed by atoms with van der Waals surface area (Å²) in [6.07, 6.45) is 2.98. The van der Waals surface area contributed by atoms with Gasteiger partial charge < -0.3 is 14.8 Å². The van der Waals surface area contributed by atoms with Crippen LogP contribution in [0, 0.1) is 5.92 Å². The predicted molar refractivity (Wildman–Crippen MR) is 143 cm³/mol. The van der Waals surface area contributed by atoms with E-state index in [0.717, 1.165) is 40.7 Å². The molecule has 1 aliphatic carbocycles. The van der Waals surface area contributed by atoms with Gasteiger partial charge in [-0.05, 0) is 55.0 Å². The van der Waals surface area contributed by atoms with Crippen molar-refractivity contribution in [2.24, 2.45) is 5.92 Å².